The summed E-state index contributed by atoms with van der Waals surface area (Å²) in [5.74, 6) is 0.568. The van der Waals surface area contributed by atoms with Crippen molar-refractivity contribution in [2.24, 2.45) is 0 Å². The zero-order valence-electron chi connectivity index (χ0n) is 19.4. The lowest BCUT2D eigenvalue weighted by molar-refractivity contribution is 0.101. The summed E-state index contributed by atoms with van der Waals surface area (Å²) in [4.78, 5) is 38.7. The van der Waals surface area contributed by atoms with Crippen LogP contribution in [0.1, 0.15) is 34.8 Å². The molecule has 2 N–H and O–H groups in total. The van der Waals surface area contributed by atoms with E-state index >= 15 is 0 Å². The van der Waals surface area contributed by atoms with Gasteiger partial charge in [0.2, 0.25) is 0 Å². The SMILES string of the molecule is CCOc1ccc2nc(NC(=O)c3cccc(C(=O)Nc4nc5ccc(OCC)cc5s4)n3)sc2c1. The van der Waals surface area contributed by atoms with Gasteiger partial charge in [0.05, 0.1) is 33.6 Å². The Balaban J connectivity index is 1.29. The van der Waals surface area contributed by atoms with Crippen LogP contribution in [0.5, 0.6) is 11.5 Å². The Morgan fingerprint density at radius 3 is 1.64 bits per heavy atom. The molecule has 0 unspecified atom stereocenters. The summed E-state index contributed by atoms with van der Waals surface area (Å²) in [7, 11) is 0. The van der Waals surface area contributed by atoms with Crippen LogP contribution in [-0.4, -0.2) is 40.0 Å². The summed E-state index contributed by atoms with van der Waals surface area (Å²) in [5, 5.41) is 6.38. The van der Waals surface area contributed by atoms with Gasteiger partial charge in [0.1, 0.15) is 22.9 Å². The van der Waals surface area contributed by atoms with Crippen molar-refractivity contribution in [2.75, 3.05) is 23.8 Å². The van der Waals surface area contributed by atoms with E-state index in [4.69, 9.17) is 9.47 Å². The fourth-order valence-electron chi connectivity index (χ4n) is 3.44. The quantitative estimate of drug-likeness (QED) is 0.274. The second-order valence-corrected chi connectivity index (χ2v) is 9.54. The molecule has 2 aromatic carbocycles. The zero-order chi connectivity index (χ0) is 25.1. The van der Waals surface area contributed by atoms with Gasteiger partial charge in [-0.1, -0.05) is 28.7 Å². The third-order valence-corrected chi connectivity index (χ3v) is 6.86. The highest BCUT2D eigenvalue weighted by Crippen LogP contribution is 2.30. The largest absolute Gasteiger partial charge is 0.494 e. The topological polar surface area (TPSA) is 115 Å². The van der Waals surface area contributed by atoms with Crippen molar-refractivity contribution in [3.05, 3.63) is 66.0 Å². The second kappa shape index (κ2) is 10.3. The van der Waals surface area contributed by atoms with Crippen LogP contribution < -0.4 is 20.1 Å². The van der Waals surface area contributed by atoms with Gasteiger partial charge in [0, 0.05) is 0 Å². The fourth-order valence-corrected chi connectivity index (χ4v) is 5.22. The summed E-state index contributed by atoms with van der Waals surface area (Å²) in [6.07, 6.45) is 0. The number of anilines is 2. The molecule has 9 nitrogen and oxygen atoms in total. The Kier molecular flexibility index (Phi) is 6.74. The van der Waals surface area contributed by atoms with Crippen molar-refractivity contribution in [3.63, 3.8) is 0 Å². The van der Waals surface area contributed by atoms with Crippen molar-refractivity contribution in [2.45, 2.75) is 13.8 Å². The van der Waals surface area contributed by atoms with E-state index in [1.54, 1.807) is 18.2 Å². The third kappa shape index (κ3) is 5.11. The van der Waals surface area contributed by atoms with Crippen LogP contribution in [0, 0.1) is 0 Å². The molecule has 0 bridgehead atoms. The molecule has 0 fully saturated rings. The van der Waals surface area contributed by atoms with Gasteiger partial charge < -0.3 is 9.47 Å². The normalized spacial score (nSPS) is 10.9. The van der Waals surface area contributed by atoms with Crippen LogP contribution in [0.4, 0.5) is 10.3 Å². The minimum atomic E-state index is -0.461. The Labute approximate surface area is 214 Å². The average molecular weight is 520 g/mol. The van der Waals surface area contributed by atoms with Gasteiger partial charge in [-0.05, 0) is 62.4 Å². The van der Waals surface area contributed by atoms with E-state index in [9.17, 15) is 9.59 Å². The monoisotopic (exact) mass is 519 g/mol. The maximum Gasteiger partial charge on any atom is 0.276 e. The molecule has 5 aromatic rings. The average Bonchev–Trinajstić information content (AvgIpc) is 3.46. The number of carbonyl (C=O) groups is 2. The Hall–Kier alpha value is -4.09. The molecule has 182 valence electrons. The van der Waals surface area contributed by atoms with Crippen LogP contribution in [0.2, 0.25) is 0 Å². The van der Waals surface area contributed by atoms with Gasteiger partial charge in [-0.25, -0.2) is 15.0 Å². The number of ether oxygens (including phenoxy) is 2. The van der Waals surface area contributed by atoms with Crippen LogP contribution in [-0.2, 0) is 0 Å². The molecule has 5 rings (SSSR count). The zero-order valence-corrected chi connectivity index (χ0v) is 21.0. The number of hydrogen-bond acceptors (Lipinski definition) is 9. The third-order valence-electron chi connectivity index (χ3n) is 5.00. The van der Waals surface area contributed by atoms with Crippen molar-refractivity contribution in [3.8, 4) is 11.5 Å². The summed E-state index contributed by atoms with van der Waals surface area (Å²) >= 11 is 2.67. The maximum atomic E-state index is 12.8. The molecule has 0 atom stereocenters. The molecule has 11 heteroatoms. The molecule has 3 heterocycles. The van der Waals surface area contributed by atoms with Gasteiger partial charge in [-0.2, -0.15) is 0 Å². The number of aromatic nitrogens is 3. The van der Waals surface area contributed by atoms with E-state index < -0.39 is 11.8 Å². The van der Waals surface area contributed by atoms with Crippen LogP contribution in [0.3, 0.4) is 0 Å². The predicted octanol–water partition coefficient (Wildman–Crippen LogP) is 5.60. The molecular formula is C25H21N5O4S2. The highest BCUT2D eigenvalue weighted by atomic mass is 32.1. The summed E-state index contributed by atoms with van der Waals surface area (Å²) < 4.78 is 12.8. The van der Waals surface area contributed by atoms with Gasteiger partial charge in [-0.15, -0.1) is 0 Å². The lowest BCUT2D eigenvalue weighted by Crippen LogP contribution is -2.18. The Morgan fingerprint density at radius 2 is 1.19 bits per heavy atom. The van der Waals surface area contributed by atoms with Crippen LogP contribution in [0.15, 0.2) is 54.6 Å². The van der Waals surface area contributed by atoms with Gasteiger partial charge in [-0.3, -0.25) is 20.2 Å². The van der Waals surface area contributed by atoms with Gasteiger partial charge in [0.15, 0.2) is 10.3 Å². The minimum absolute atomic E-state index is 0.0996. The molecule has 0 saturated heterocycles. The molecule has 0 aliphatic rings. The minimum Gasteiger partial charge on any atom is -0.494 e. The van der Waals surface area contributed by atoms with E-state index in [2.05, 4.69) is 25.6 Å². The van der Waals surface area contributed by atoms with Crippen molar-refractivity contribution in [1.29, 1.82) is 0 Å². The van der Waals surface area contributed by atoms with Crippen molar-refractivity contribution >= 4 is 65.2 Å². The second-order valence-electron chi connectivity index (χ2n) is 7.48. The molecule has 0 spiro atoms. The first-order valence-electron chi connectivity index (χ1n) is 11.2. The molecule has 0 aliphatic heterocycles. The number of fused-ring (bicyclic) bond motifs is 2. The number of amides is 2. The van der Waals surface area contributed by atoms with E-state index in [0.717, 1.165) is 31.9 Å². The molecule has 36 heavy (non-hydrogen) atoms. The standard InChI is InChI=1S/C25H21N5O4S2/c1-3-33-14-8-10-16-20(12-14)35-24(27-16)29-22(31)18-6-5-7-19(26-18)23(32)30-25-28-17-11-9-15(34-4-2)13-21(17)36-25/h5-13H,3-4H2,1-2H3,(H,27,29,31)(H,28,30,32). The van der Waals surface area contributed by atoms with E-state index in [-0.39, 0.29) is 11.4 Å². The number of carbonyl (C=O) groups excluding carboxylic acids is 2. The van der Waals surface area contributed by atoms with E-state index in [0.29, 0.717) is 23.5 Å². The van der Waals surface area contributed by atoms with Crippen molar-refractivity contribution < 1.29 is 19.1 Å². The summed E-state index contributed by atoms with van der Waals surface area (Å²) in [6.45, 7) is 4.97. The highest BCUT2D eigenvalue weighted by molar-refractivity contribution is 7.22. The number of nitrogens with one attached hydrogen (secondary N) is 2. The first-order chi connectivity index (χ1) is 17.5. The lowest BCUT2D eigenvalue weighted by atomic mass is 10.3. The van der Waals surface area contributed by atoms with Crippen molar-refractivity contribution in [1.82, 2.24) is 15.0 Å². The molecule has 2 amide bonds. The fraction of sp³-hybridized carbons (Fsp3) is 0.160. The Morgan fingerprint density at radius 1 is 0.722 bits per heavy atom. The first-order valence-corrected chi connectivity index (χ1v) is 12.8. The van der Waals surface area contributed by atoms with Gasteiger partial charge >= 0.3 is 0 Å². The molecule has 3 aromatic heterocycles. The predicted molar refractivity (Wildman–Crippen MR) is 142 cm³/mol. The number of hydrogen-bond donors (Lipinski definition) is 2. The lowest BCUT2D eigenvalue weighted by Gasteiger charge is -2.04. The summed E-state index contributed by atoms with van der Waals surface area (Å²) in [6, 6.07) is 15.8. The first kappa shape index (κ1) is 23.6. The highest BCUT2D eigenvalue weighted by Gasteiger charge is 2.16. The Bertz CT molecular complexity index is 1470. The number of rotatable bonds is 8. The number of thiazole rings is 2. The number of nitrogens with zero attached hydrogens (tertiary/aromatic N) is 3. The van der Waals surface area contributed by atoms with E-state index in [1.165, 1.54) is 22.7 Å². The molecular weight excluding hydrogens is 498 g/mol. The maximum absolute atomic E-state index is 12.8. The van der Waals surface area contributed by atoms with Crippen LogP contribution >= 0.6 is 22.7 Å². The van der Waals surface area contributed by atoms with Crippen LogP contribution in [0.25, 0.3) is 20.4 Å². The number of benzene rings is 2. The number of pyridine rings is 1. The summed E-state index contributed by atoms with van der Waals surface area (Å²) in [5.41, 5.74) is 1.71. The van der Waals surface area contributed by atoms with Gasteiger partial charge in [0.25, 0.3) is 11.8 Å². The molecule has 0 saturated carbocycles. The molecule has 0 aliphatic carbocycles. The smallest absolute Gasteiger partial charge is 0.276 e. The van der Waals surface area contributed by atoms with E-state index in [1.807, 2.05) is 50.2 Å². The molecule has 0 radical (unpaired) electrons.